The molecule has 106 valence electrons. The van der Waals surface area contributed by atoms with E-state index in [9.17, 15) is 9.59 Å². The highest BCUT2D eigenvalue weighted by molar-refractivity contribution is 5.78. The third-order valence-electron chi connectivity index (χ3n) is 3.40. The second-order valence-corrected chi connectivity index (χ2v) is 4.82. The molecule has 1 aromatic heterocycles. The number of nitrogens with zero attached hydrogens (tertiary/aromatic N) is 2. The standard InChI is InChI=1S/C16H14N2O3/c19-15(20)11-18-14-9-5-4-8-13(14)17(16(18)21)10-12-6-2-1-3-7-12/h1-9H,10-11H2,(H,19,20). The van der Waals surface area contributed by atoms with Crippen LogP contribution in [0.2, 0.25) is 0 Å². The van der Waals surface area contributed by atoms with Crippen molar-refractivity contribution in [2.75, 3.05) is 0 Å². The molecule has 0 aliphatic heterocycles. The molecule has 0 bridgehead atoms. The summed E-state index contributed by atoms with van der Waals surface area (Å²) in [5.74, 6) is -1.03. The van der Waals surface area contributed by atoms with Crippen LogP contribution in [0.3, 0.4) is 0 Å². The molecule has 0 aliphatic carbocycles. The highest BCUT2D eigenvalue weighted by Gasteiger charge is 2.14. The molecule has 21 heavy (non-hydrogen) atoms. The van der Waals surface area contributed by atoms with Gasteiger partial charge in [0.25, 0.3) is 0 Å². The van der Waals surface area contributed by atoms with Gasteiger partial charge >= 0.3 is 11.7 Å². The molecule has 1 heterocycles. The number of aromatic nitrogens is 2. The Balaban J connectivity index is 2.16. The zero-order valence-electron chi connectivity index (χ0n) is 11.3. The number of hydrogen-bond donors (Lipinski definition) is 1. The summed E-state index contributed by atoms with van der Waals surface area (Å²) in [5, 5.41) is 8.98. The van der Waals surface area contributed by atoms with Gasteiger partial charge < -0.3 is 5.11 Å². The van der Waals surface area contributed by atoms with Crippen molar-refractivity contribution < 1.29 is 9.90 Å². The van der Waals surface area contributed by atoms with Gasteiger partial charge in [-0.1, -0.05) is 42.5 Å². The minimum absolute atomic E-state index is 0.303. The first kappa shape index (κ1) is 13.2. The second kappa shape index (κ2) is 5.28. The number of para-hydroxylation sites is 2. The minimum atomic E-state index is -1.03. The van der Waals surface area contributed by atoms with Gasteiger partial charge in [-0.25, -0.2) is 4.79 Å². The lowest BCUT2D eigenvalue weighted by Gasteiger charge is -2.03. The molecule has 0 aliphatic rings. The van der Waals surface area contributed by atoms with E-state index in [4.69, 9.17) is 5.11 Å². The third kappa shape index (κ3) is 2.45. The molecule has 3 rings (SSSR count). The lowest BCUT2D eigenvalue weighted by molar-refractivity contribution is -0.137. The fourth-order valence-electron chi connectivity index (χ4n) is 2.48. The zero-order chi connectivity index (χ0) is 14.8. The Morgan fingerprint density at radius 1 is 0.905 bits per heavy atom. The summed E-state index contributed by atoms with van der Waals surface area (Å²) in [6, 6.07) is 16.9. The van der Waals surface area contributed by atoms with Crippen molar-refractivity contribution in [1.82, 2.24) is 9.13 Å². The van der Waals surface area contributed by atoms with Crippen molar-refractivity contribution in [3.05, 3.63) is 70.6 Å². The molecule has 5 heteroatoms. The Labute approximate surface area is 120 Å². The molecule has 2 aromatic carbocycles. The van der Waals surface area contributed by atoms with Crippen molar-refractivity contribution in [3.8, 4) is 0 Å². The van der Waals surface area contributed by atoms with Gasteiger partial charge in [0, 0.05) is 0 Å². The molecule has 3 aromatic rings. The number of imidazole rings is 1. The molecule has 0 saturated carbocycles. The van der Waals surface area contributed by atoms with E-state index in [-0.39, 0.29) is 12.2 Å². The average molecular weight is 282 g/mol. The fourth-order valence-corrected chi connectivity index (χ4v) is 2.48. The number of aliphatic carboxylic acids is 1. The van der Waals surface area contributed by atoms with Gasteiger partial charge in [-0.15, -0.1) is 0 Å². The normalized spacial score (nSPS) is 10.9. The number of fused-ring (bicyclic) bond motifs is 1. The van der Waals surface area contributed by atoms with E-state index in [1.165, 1.54) is 4.57 Å². The largest absolute Gasteiger partial charge is 0.480 e. The van der Waals surface area contributed by atoms with Crippen LogP contribution in [0, 0.1) is 0 Å². The van der Waals surface area contributed by atoms with E-state index >= 15 is 0 Å². The van der Waals surface area contributed by atoms with Gasteiger partial charge in [-0.05, 0) is 17.7 Å². The van der Waals surface area contributed by atoms with E-state index in [1.807, 2.05) is 42.5 Å². The van der Waals surface area contributed by atoms with Crippen LogP contribution >= 0.6 is 0 Å². The molecule has 5 nitrogen and oxygen atoms in total. The quantitative estimate of drug-likeness (QED) is 0.795. The predicted molar refractivity (Wildman–Crippen MR) is 79.4 cm³/mol. The van der Waals surface area contributed by atoms with E-state index in [0.717, 1.165) is 11.1 Å². The minimum Gasteiger partial charge on any atom is -0.480 e. The van der Waals surface area contributed by atoms with Gasteiger partial charge in [-0.2, -0.15) is 0 Å². The molecule has 0 unspecified atom stereocenters. The lowest BCUT2D eigenvalue weighted by Crippen LogP contribution is -2.27. The molecule has 0 fully saturated rings. The lowest BCUT2D eigenvalue weighted by atomic mass is 10.2. The van der Waals surface area contributed by atoms with Gasteiger partial charge in [0.05, 0.1) is 17.6 Å². The Hall–Kier alpha value is -2.82. The maximum absolute atomic E-state index is 12.5. The highest BCUT2D eigenvalue weighted by Crippen LogP contribution is 2.14. The summed E-state index contributed by atoms with van der Waals surface area (Å²) in [7, 11) is 0. The van der Waals surface area contributed by atoms with Gasteiger partial charge in [-0.3, -0.25) is 13.9 Å². The van der Waals surface area contributed by atoms with Gasteiger partial charge in [0.2, 0.25) is 0 Å². The summed E-state index contributed by atoms with van der Waals surface area (Å²) < 4.78 is 2.90. The summed E-state index contributed by atoms with van der Waals surface area (Å²) in [6.45, 7) is 0.0912. The number of carboxylic acids is 1. The van der Waals surface area contributed by atoms with Crippen LogP contribution in [0.25, 0.3) is 11.0 Å². The van der Waals surface area contributed by atoms with Crippen LogP contribution in [0.1, 0.15) is 5.56 Å². The molecule has 0 atom stereocenters. The molecule has 0 spiro atoms. The number of carbonyl (C=O) groups is 1. The summed E-state index contributed by atoms with van der Waals surface area (Å²) in [5.41, 5.74) is 2.08. The van der Waals surface area contributed by atoms with Crippen molar-refractivity contribution >= 4 is 17.0 Å². The first-order valence-electron chi connectivity index (χ1n) is 6.60. The zero-order valence-corrected chi connectivity index (χ0v) is 11.3. The number of rotatable bonds is 4. The Morgan fingerprint density at radius 2 is 1.48 bits per heavy atom. The van der Waals surface area contributed by atoms with Gasteiger partial charge in [0.15, 0.2) is 0 Å². The number of carboxylic acid groups (broad SMARTS) is 1. The molecular formula is C16H14N2O3. The first-order chi connectivity index (χ1) is 10.2. The van der Waals surface area contributed by atoms with Crippen LogP contribution < -0.4 is 5.69 Å². The van der Waals surface area contributed by atoms with Crippen LogP contribution in [-0.4, -0.2) is 20.2 Å². The predicted octanol–water partition coefficient (Wildman–Crippen LogP) is 1.94. The van der Waals surface area contributed by atoms with Crippen LogP contribution in [0.5, 0.6) is 0 Å². The topological polar surface area (TPSA) is 64.2 Å². The SMILES string of the molecule is O=C(O)Cn1c(=O)n(Cc2ccccc2)c2ccccc21. The molecule has 0 saturated heterocycles. The van der Waals surface area contributed by atoms with Crippen molar-refractivity contribution in [2.45, 2.75) is 13.1 Å². The Morgan fingerprint density at radius 3 is 2.10 bits per heavy atom. The summed E-state index contributed by atoms with van der Waals surface area (Å²) in [4.78, 5) is 23.5. The summed E-state index contributed by atoms with van der Waals surface area (Å²) >= 11 is 0. The fraction of sp³-hybridized carbons (Fsp3) is 0.125. The molecular weight excluding hydrogens is 268 g/mol. The smallest absolute Gasteiger partial charge is 0.329 e. The second-order valence-electron chi connectivity index (χ2n) is 4.82. The van der Waals surface area contributed by atoms with E-state index in [0.29, 0.717) is 12.1 Å². The maximum atomic E-state index is 12.5. The van der Waals surface area contributed by atoms with Crippen molar-refractivity contribution in [2.24, 2.45) is 0 Å². The van der Waals surface area contributed by atoms with Crippen LogP contribution in [-0.2, 0) is 17.9 Å². The van der Waals surface area contributed by atoms with Crippen molar-refractivity contribution in [3.63, 3.8) is 0 Å². The van der Waals surface area contributed by atoms with Crippen molar-refractivity contribution in [1.29, 1.82) is 0 Å². The summed E-state index contributed by atoms with van der Waals surface area (Å²) in [6.07, 6.45) is 0. The van der Waals surface area contributed by atoms with E-state index in [2.05, 4.69) is 0 Å². The van der Waals surface area contributed by atoms with Crippen LogP contribution in [0.4, 0.5) is 0 Å². The van der Waals surface area contributed by atoms with Crippen LogP contribution in [0.15, 0.2) is 59.4 Å². The number of hydrogen-bond acceptors (Lipinski definition) is 2. The van der Waals surface area contributed by atoms with E-state index in [1.54, 1.807) is 16.7 Å². The Kier molecular flexibility index (Phi) is 3.31. The average Bonchev–Trinajstić information content (AvgIpc) is 2.74. The molecule has 1 N–H and O–H groups in total. The monoisotopic (exact) mass is 282 g/mol. The molecule has 0 radical (unpaired) electrons. The maximum Gasteiger partial charge on any atom is 0.329 e. The molecule has 0 amide bonds. The highest BCUT2D eigenvalue weighted by atomic mass is 16.4. The van der Waals surface area contributed by atoms with E-state index < -0.39 is 5.97 Å². The van der Waals surface area contributed by atoms with Gasteiger partial charge in [0.1, 0.15) is 6.54 Å². The number of benzene rings is 2. The Bertz CT molecular complexity index is 847. The third-order valence-corrected chi connectivity index (χ3v) is 3.40. The first-order valence-corrected chi connectivity index (χ1v) is 6.60.